The van der Waals surface area contributed by atoms with Crippen LogP contribution in [-0.4, -0.2) is 76.5 Å². The Kier molecular flexibility index (Phi) is 17.1. The molecule has 2 heterocycles. The van der Waals surface area contributed by atoms with Crippen molar-refractivity contribution in [1.82, 2.24) is 15.6 Å². The van der Waals surface area contributed by atoms with Crippen molar-refractivity contribution in [2.45, 2.75) is 43.5 Å². The molecule has 0 aliphatic carbocycles. The number of hydrogen-bond acceptors (Lipinski definition) is 8. The van der Waals surface area contributed by atoms with Gasteiger partial charge in [0.2, 0.25) is 0 Å². The third kappa shape index (κ3) is 14.2. The molecule has 2 aromatic carbocycles. The van der Waals surface area contributed by atoms with Gasteiger partial charge in [0.05, 0.1) is 43.4 Å². The second kappa shape index (κ2) is 20.5. The molecule has 46 heavy (non-hydrogen) atoms. The van der Waals surface area contributed by atoms with Gasteiger partial charge in [-0.3, -0.25) is 9.78 Å². The van der Waals surface area contributed by atoms with E-state index in [-0.39, 0.29) is 29.7 Å². The van der Waals surface area contributed by atoms with Gasteiger partial charge in [0, 0.05) is 36.5 Å². The van der Waals surface area contributed by atoms with Crippen molar-refractivity contribution in [3.8, 4) is 0 Å². The SMILES string of the molecule is CNCC(F)(F)F.CNc1cncc(F)c1CC[C@@H]1CN[C@H](COC=O)CO1.O=CC[C@H](c1ccc(F)cc1)c1ccc(Cl)cc1. The predicted molar refractivity (Wildman–Crippen MR) is 166 cm³/mol. The zero-order valence-corrected chi connectivity index (χ0v) is 26.2. The maximum atomic E-state index is 13.8. The minimum absolute atomic E-state index is 0.0229. The first-order valence-corrected chi connectivity index (χ1v) is 14.7. The van der Waals surface area contributed by atoms with Gasteiger partial charge in [-0.05, 0) is 55.3 Å². The molecule has 1 aliphatic heterocycles. The molecule has 1 fully saturated rings. The van der Waals surface area contributed by atoms with Crippen molar-refractivity contribution in [3.63, 3.8) is 0 Å². The first kappa shape index (κ1) is 38.5. The number of pyridine rings is 1. The van der Waals surface area contributed by atoms with Crippen molar-refractivity contribution in [3.05, 3.63) is 94.3 Å². The van der Waals surface area contributed by atoms with E-state index in [1.54, 1.807) is 37.5 Å². The van der Waals surface area contributed by atoms with Crippen LogP contribution in [0.5, 0.6) is 0 Å². The number of aromatic nitrogens is 1. The molecular formula is C32H38ClF5N4O4. The highest BCUT2D eigenvalue weighted by atomic mass is 35.5. The third-order valence-corrected chi connectivity index (χ3v) is 7.03. The number of alkyl halides is 3. The Morgan fingerprint density at radius 1 is 1.07 bits per heavy atom. The van der Waals surface area contributed by atoms with Crippen molar-refractivity contribution >= 4 is 30.0 Å². The summed E-state index contributed by atoms with van der Waals surface area (Å²) in [7, 11) is 3.00. The molecule has 4 rings (SSSR count). The molecular weight excluding hydrogens is 635 g/mol. The highest BCUT2D eigenvalue weighted by Gasteiger charge is 2.25. The number of carbonyl (C=O) groups excluding carboxylic acids is 2. The van der Waals surface area contributed by atoms with Gasteiger partial charge in [-0.1, -0.05) is 35.9 Å². The Morgan fingerprint density at radius 3 is 2.22 bits per heavy atom. The quantitative estimate of drug-likeness (QED) is 0.167. The van der Waals surface area contributed by atoms with Gasteiger partial charge in [0.1, 0.15) is 24.5 Å². The van der Waals surface area contributed by atoms with Crippen LogP contribution in [0, 0.1) is 11.6 Å². The molecule has 1 saturated heterocycles. The third-order valence-electron chi connectivity index (χ3n) is 6.78. The molecule has 0 unspecified atom stereocenters. The van der Waals surface area contributed by atoms with Crippen LogP contribution in [-0.2, 0) is 25.5 Å². The Hall–Kier alpha value is -3.65. The Labute approximate surface area is 270 Å². The minimum Gasteiger partial charge on any atom is -0.466 e. The van der Waals surface area contributed by atoms with Crippen LogP contribution < -0.4 is 16.0 Å². The van der Waals surface area contributed by atoms with Crippen molar-refractivity contribution in [2.75, 3.05) is 45.7 Å². The number of ether oxygens (including phenoxy) is 2. The molecule has 1 aromatic heterocycles. The highest BCUT2D eigenvalue weighted by Crippen LogP contribution is 2.28. The number of nitrogens with one attached hydrogen (secondary N) is 3. The van der Waals surface area contributed by atoms with E-state index in [1.165, 1.54) is 25.4 Å². The lowest BCUT2D eigenvalue weighted by Crippen LogP contribution is -2.48. The van der Waals surface area contributed by atoms with Gasteiger partial charge in [0.25, 0.3) is 6.47 Å². The number of halogens is 6. The molecule has 0 saturated carbocycles. The number of hydrogen-bond donors (Lipinski definition) is 3. The summed E-state index contributed by atoms with van der Waals surface area (Å²) >= 11 is 5.84. The zero-order chi connectivity index (χ0) is 34.0. The fourth-order valence-corrected chi connectivity index (χ4v) is 4.63. The Balaban J connectivity index is 0.000000268. The molecule has 252 valence electrons. The lowest BCUT2D eigenvalue weighted by atomic mass is 9.89. The van der Waals surface area contributed by atoms with Crippen LogP contribution in [0.25, 0.3) is 0 Å². The van der Waals surface area contributed by atoms with Crippen LogP contribution in [0.1, 0.15) is 35.4 Å². The van der Waals surface area contributed by atoms with E-state index in [2.05, 4.69) is 15.6 Å². The summed E-state index contributed by atoms with van der Waals surface area (Å²) in [6.45, 7) is 0.968. The summed E-state index contributed by atoms with van der Waals surface area (Å²) in [6, 6.07) is 13.6. The monoisotopic (exact) mass is 672 g/mol. The largest absolute Gasteiger partial charge is 0.466 e. The normalized spacial score (nSPS) is 16.5. The van der Waals surface area contributed by atoms with Crippen LogP contribution in [0.3, 0.4) is 0 Å². The molecule has 0 spiro atoms. The van der Waals surface area contributed by atoms with Gasteiger partial charge in [0.15, 0.2) is 0 Å². The summed E-state index contributed by atoms with van der Waals surface area (Å²) < 4.78 is 70.1. The summed E-state index contributed by atoms with van der Waals surface area (Å²) in [5.41, 5.74) is 3.25. The first-order chi connectivity index (χ1) is 22.0. The van der Waals surface area contributed by atoms with E-state index in [9.17, 15) is 31.5 Å². The van der Waals surface area contributed by atoms with Crippen LogP contribution in [0.4, 0.5) is 27.6 Å². The summed E-state index contributed by atoms with van der Waals surface area (Å²) in [6.07, 6.45) is 1.34. The summed E-state index contributed by atoms with van der Waals surface area (Å²) in [5.74, 6) is -0.636. The molecule has 3 aromatic rings. The summed E-state index contributed by atoms with van der Waals surface area (Å²) in [4.78, 5) is 24.7. The van der Waals surface area contributed by atoms with E-state index >= 15 is 0 Å². The lowest BCUT2D eigenvalue weighted by molar-refractivity contribution is -0.130. The second-order valence-corrected chi connectivity index (χ2v) is 10.6. The Bertz CT molecular complexity index is 1260. The van der Waals surface area contributed by atoms with E-state index in [0.29, 0.717) is 61.8 Å². The topological polar surface area (TPSA) is 102 Å². The van der Waals surface area contributed by atoms with Gasteiger partial charge in [-0.15, -0.1) is 0 Å². The smallest absolute Gasteiger partial charge is 0.401 e. The van der Waals surface area contributed by atoms with E-state index in [4.69, 9.17) is 21.1 Å². The maximum Gasteiger partial charge on any atom is 0.401 e. The number of benzene rings is 2. The molecule has 3 N–H and O–H groups in total. The van der Waals surface area contributed by atoms with Crippen molar-refractivity contribution in [2.24, 2.45) is 0 Å². The second-order valence-electron chi connectivity index (χ2n) is 10.1. The van der Waals surface area contributed by atoms with Gasteiger partial charge in [-0.25, -0.2) is 8.78 Å². The number of rotatable bonds is 12. The first-order valence-electron chi connectivity index (χ1n) is 14.4. The molecule has 0 bridgehead atoms. The fraction of sp³-hybridized carbons (Fsp3) is 0.406. The molecule has 8 nitrogen and oxygen atoms in total. The van der Waals surface area contributed by atoms with E-state index < -0.39 is 12.7 Å². The number of carbonyl (C=O) groups is 2. The van der Waals surface area contributed by atoms with Crippen molar-refractivity contribution in [1.29, 1.82) is 0 Å². The van der Waals surface area contributed by atoms with Crippen LogP contribution >= 0.6 is 11.6 Å². The predicted octanol–water partition coefficient (Wildman–Crippen LogP) is 5.69. The fourth-order valence-electron chi connectivity index (χ4n) is 4.50. The lowest BCUT2D eigenvalue weighted by Gasteiger charge is -2.30. The van der Waals surface area contributed by atoms with Crippen LogP contribution in [0.2, 0.25) is 5.02 Å². The Morgan fingerprint density at radius 2 is 1.72 bits per heavy atom. The molecule has 3 atom stereocenters. The van der Waals surface area contributed by atoms with E-state index in [0.717, 1.165) is 17.4 Å². The van der Waals surface area contributed by atoms with Gasteiger partial charge >= 0.3 is 6.18 Å². The molecule has 1 aliphatic rings. The minimum atomic E-state index is -4.06. The van der Waals surface area contributed by atoms with Crippen LogP contribution in [0.15, 0.2) is 60.9 Å². The number of aldehydes is 1. The van der Waals surface area contributed by atoms with Gasteiger partial charge in [-0.2, -0.15) is 13.2 Å². The molecule has 0 radical (unpaired) electrons. The number of anilines is 1. The molecule has 14 heteroatoms. The average Bonchev–Trinajstić information content (AvgIpc) is 3.03. The van der Waals surface area contributed by atoms with Crippen molar-refractivity contribution < 1.29 is 41.0 Å². The zero-order valence-electron chi connectivity index (χ0n) is 25.5. The van der Waals surface area contributed by atoms with E-state index in [1.807, 2.05) is 17.4 Å². The van der Waals surface area contributed by atoms with Gasteiger partial charge < -0.3 is 30.2 Å². The summed E-state index contributed by atoms with van der Waals surface area (Å²) in [5, 5.41) is 8.84. The number of nitrogens with zero attached hydrogens (tertiary/aromatic N) is 1. The standard InChI is InChI=1S/C15H12ClFO.C14H20FN3O3.C3H6F3N/c16-13-5-1-11(2-6-13)15(9-10-18)12-3-7-14(17)8-4-12;1-16-14-6-17-5-13(15)12(14)3-2-11-4-18-10(8-21-11)7-20-9-19;1-7-2-3(4,5)6/h1-8,10,15H,9H2;5-6,9-11,16,18H,2-4,7-8H2,1H3;7H,2H2,1H3/t15-;10-,11-;/m01./s1. The average molecular weight is 673 g/mol. The molecule has 0 amide bonds. The maximum absolute atomic E-state index is 13.8. The number of morpholine rings is 1. The highest BCUT2D eigenvalue weighted by molar-refractivity contribution is 6.30.